The van der Waals surface area contributed by atoms with Gasteiger partial charge in [-0.25, -0.2) is 4.99 Å². The van der Waals surface area contributed by atoms with Gasteiger partial charge in [-0.3, -0.25) is 4.99 Å². The highest BCUT2D eigenvalue weighted by Crippen LogP contribution is 2.41. The summed E-state index contributed by atoms with van der Waals surface area (Å²) in [6.45, 7) is 3.87. The van der Waals surface area contributed by atoms with Gasteiger partial charge in [-0.2, -0.15) is 0 Å². The van der Waals surface area contributed by atoms with Gasteiger partial charge in [0, 0.05) is 17.1 Å². The van der Waals surface area contributed by atoms with Crippen LogP contribution in [0, 0.1) is 0 Å². The van der Waals surface area contributed by atoms with E-state index in [1.54, 1.807) is 23.5 Å². The number of thioether (sulfide) groups is 2. The van der Waals surface area contributed by atoms with E-state index in [0.717, 1.165) is 29.2 Å². The third-order valence-corrected chi connectivity index (χ3v) is 6.95. The van der Waals surface area contributed by atoms with Crippen molar-refractivity contribution in [3.8, 4) is 0 Å². The molecule has 3 heterocycles. The van der Waals surface area contributed by atoms with Crippen molar-refractivity contribution in [3.05, 3.63) is 76.8 Å². The molecule has 0 bridgehead atoms. The van der Waals surface area contributed by atoms with Gasteiger partial charge in [-0.05, 0) is 29.5 Å². The van der Waals surface area contributed by atoms with Crippen molar-refractivity contribution in [2.45, 2.75) is 19.0 Å². The Kier molecular flexibility index (Phi) is 4.25. The molecule has 0 aromatic heterocycles. The maximum atomic E-state index is 5.03. The van der Waals surface area contributed by atoms with Crippen LogP contribution in [0.25, 0.3) is 0 Å². The van der Waals surface area contributed by atoms with E-state index in [-0.39, 0.29) is 5.54 Å². The van der Waals surface area contributed by atoms with Gasteiger partial charge in [0.15, 0.2) is 10.3 Å². The maximum absolute atomic E-state index is 5.03. The zero-order valence-corrected chi connectivity index (χ0v) is 16.7. The van der Waals surface area contributed by atoms with Gasteiger partial charge in [-0.15, -0.1) is 0 Å². The molecule has 2 aromatic rings. The molecule has 3 aliphatic rings. The number of rotatable bonds is 3. The highest BCUT2D eigenvalue weighted by atomic mass is 32.2. The van der Waals surface area contributed by atoms with E-state index in [1.165, 1.54) is 22.5 Å². The van der Waals surface area contributed by atoms with E-state index in [4.69, 9.17) is 4.99 Å². The van der Waals surface area contributed by atoms with Gasteiger partial charge < -0.3 is 10.2 Å². The molecule has 0 amide bonds. The number of aliphatic imine (C=N–C) groups is 2. The minimum Gasteiger partial charge on any atom is -0.335 e. The Morgan fingerprint density at radius 3 is 2.85 bits per heavy atom. The van der Waals surface area contributed by atoms with Crippen LogP contribution < -0.4 is 5.32 Å². The lowest BCUT2D eigenvalue weighted by Gasteiger charge is -2.25. The highest BCUT2D eigenvalue weighted by Gasteiger charge is 2.40. The number of hydrogen-bond acceptors (Lipinski definition) is 6. The standard InChI is InChI=1S/C21H20N4S2/c1-21(16-8-3-2-4-9-16)14-25-17(13-27-20(25)24-21)12-26-19-22-11-15-7-5-6-10-18(15)23-19/h2-10,13H,11-12,14H2,1H3,(H,22,23). The summed E-state index contributed by atoms with van der Waals surface area (Å²) in [5.41, 5.74) is 4.84. The van der Waals surface area contributed by atoms with E-state index in [0.29, 0.717) is 0 Å². The van der Waals surface area contributed by atoms with Crippen molar-refractivity contribution in [1.29, 1.82) is 0 Å². The van der Waals surface area contributed by atoms with Crippen molar-refractivity contribution < 1.29 is 0 Å². The largest absolute Gasteiger partial charge is 0.335 e. The number of benzene rings is 2. The first-order chi connectivity index (χ1) is 13.2. The molecule has 0 radical (unpaired) electrons. The summed E-state index contributed by atoms with van der Waals surface area (Å²) in [5.74, 6) is 0.894. The van der Waals surface area contributed by atoms with Crippen molar-refractivity contribution in [3.63, 3.8) is 0 Å². The van der Waals surface area contributed by atoms with Crippen LogP contribution in [-0.4, -0.2) is 27.5 Å². The summed E-state index contributed by atoms with van der Waals surface area (Å²) in [6, 6.07) is 19.0. The third kappa shape index (κ3) is 3.17. The fourth-order valence-electron chi connectivity index (χ4n) is 3.56. The quantitative estimate of drug-likeness (QED) is 0.808. The summed E-state index contributed by atoms with van der Waals surface area (Å²) < 4.78 is 0. The van der Waals surface area contributed by atoms with Gasteiger partial charge in [0.1, 0.15) is 5.54 Å². The third-order valence-electron chi connectivity index (χ3n) is 5.09. The first kappa shape index (κ1) is 17.0. The molecule has 5 rings (SSSR count). The van der Waals surface area contributed by atoms with Gasteiger partial charge in [0.2, 0.25) is 0 Å². The molecule has 0 aliphatic carbocycles. The Bertz CT molecular complexity index is 967. The lowest BCUT2D eigenvalue weighted by molar-refractivity contribution is 0.420. The molecule has 1 atom stereocenters. The smallest absolute Gasteiger partial charge is 0.168 e. The first-order valence-corrected chi connectivity index (χ1v) is 10.9. The SMILES string of the molecule is CC1(c2ccccc2)CN2C(CSC3=NCc4ccccc4N3)=CSC2=N1. The minimum atomic E-state index is -0.173. The van der Waals surface area contributed by atoms with Crippen molar-refractivity contribution in [1.82, 2.24) is 4.90 Å². The zero-order valence-electron chi connectivity index (χ0n) is 15.1. The predicted octanol–water partition coefficient (Wildman–Crippen LogP) is 4.88. The van der Waals surface area contributed by atoms with E-state index in [1.807, 2.05) is 0 Å². The second-order valence-electron chi connectivity index (χ2n) is 7.04. The first-order valence-electron chi connectivity index (χ1n) is 9.02. The molecule has 27 heavy (non-hydrogen) atoms. The number of anilines is 1. The number of fused-ring (bicyclic) bond motifs is 2. The predicted molar refractivity (Wildman–Crippen MR) is 117 cm³/mol. The molecular weight excluding hydrogens is 372 g/mol. The van der Waals surface area contributed by atoms with E-state index >= 15 is 0 Å². The molecule has 6 heteroatoms. The molecule has 3 aliphatic heterocycles. The van der Waals surface area contributed by atoms with Crippen LogP contribution in [0.3, 0.4) is 0 Å². The summed E-state index contributed by atoms with van der Waals surface area (Å²) in [5, 5.41) is 7.79. The highest BCUT2D eigenvalue weighted by molar-refractivity contribution is 8.17. The lowest BCUT2D eigenvalue weighted by Crippen LogP contribution is -2.30. The molecule has 136 valence electrons. The average molecular weight is 393 g/mol. The number of nitrogens with one attached hydrogen (secondary N) is 1. The molecule has 1 N–H and O–H groups in total. The summed E-state index contributed by atoms with van der Waals surface area (Å²) in [7, 11) is 0. The second kappa shape index (κ2) is 6.77. The van der Waals surface area contributed by atoms with Gasteiger partial charge in [0.05, 0.1) is 13.1 Å². The van der Waals surface area contributed by atoms with E-state index in [2.05, 4.69) is 82.1 Å². The molecule has 1 unspecified atom stereocenters. The van der Waals surface area contributed by atoms with Gasteiger partial charge in [-0.1, -0.05) is 72.1 Å². The Balaban J connectivity index is 1.25. The lowest BCUT2D eigenvalue weighted by atomic mass is 9.93. The zero-order chi connectivity index (χ0) is 18.3. The fourth-order valence-corrected chi connectivity index (χ4v) is 5.54. The normalized spacial score (nSPS) is 23.1. The Morgan fingerprint density at radius 1 is 1.15 bits per heavy atom. The summed E-state index contributed by atoms with van der Waals surface area (Å²) >= 11 is 3.50. The average Bonchev–Trinajstić information content (AvgIpc) is 3.24. The summed E-state index contributed by atoms with van der Waals surface area (Å²) in [4.78, 5) is 12.1. The minimum absolute atomic E-state index is 0.173. The summed E-state index contributed by atoms with van der Waals surface area (Å²) in [6.07, 6.45) is 0. The molecule has 2 aromatic carbocycles. The molecule has 0 saturated carbocycles. The van der Waals surface area contributed by atoms with E-state index < -0.39 is 0 Å². The van der Waals surface area contributed by atoms with Crippen LogP contribution in [0.15, 0.2) is 75.7 Å². The van der Waals surface area contributed by atoms with E-state index in [9.17, 15) is 0 Å². The molecular formula is C21H20N4S2. The molecule has 0 saturated heterocycles. The monoisotopic (exact) mass is 392 g/mol. The van der Waals surface area contributed by atoms with Crippen molar-refractivity contribution >= 4 is 39.5 Å². The topological polar surface area (TPSA) is 40.0 Å². The molecule has 4 nitrogen and oxygen atoms in total. The van der Waals surface area contributed by atoms with Crippen LogP contribution in [0.5, 0.6) is 0 Å². The number of amidine groups is 2. The van der Waals surface area contributed by atoms with Crippen molar-refractivity contribution in [2.75, 3.05) is 17.6 Å². The number of para-hydroxylation sites is 1. The van der Waals surface area contributed by atoms with Crippen LogP contribution in [0.2, 0.25) is 0 Å². The van der Waals surface area contributed by atoms with Crippen LogP contribution in [0.1, 0.15) is 18.1 Å². The van der Waals surface area contributed by atoms with Crippen LogP contribution in [0.4, 0.5) is 5.69 Å². The fraction of sp³-hybridized carbons (Fsp3) is 0.238. The number of nitrogens with zero attached hydrogens (tertiary/aromatic N) is 3. The van der Waals surface area contributed by atoms with Crippen LogP contribution >= 0.6 is 23.5 Å². The van der Waals surface area contributed by atoms with Crippen molar-refractivity contribution in [2.24, 2.45) is 9.98 Å². The Morgan fingerprint density at radius 2 is 1.96 bits per heavy atom. The molecule has 0 fully saturated rings. The Labute approximate surface area is 167 Å². The molecule has 0 spiro atoms. The van der Waals surface area contributed by atoms with Crippen LogP contribution in [-0.2, 0) is 12.1 Å². The van der Waals surface area contributed by atoms with Gasteiger partial charge in [0.25, 0.3) is 0 Å². The number of hydrogen-bond donors (Lipinski definition) is 1. The second-order valence-corrected chi connectivity index (χ2v) is 8.84. The van der Waals surface area contributed by atoms with Gasteiger partial charge >= 0.3 is 0 Å². The maximum Gasteiger partial charge on any atom is 0.168 e. The Hall–Kier alpha value is -2.18.